The fourth-order valence-electron chi connectivity index (χ4n) is 1.76. The summed E-state index contributed by atoms with van der Waals surface area (Å²) in [5, 5.41) is 11.2. The normalized spacial score (nSPS) is 10.8. The van der Waals surface area contributed by atoms with E-state index in [-0.39, 0.29) is 0 Å². The average Bonchev–Trinajstić information content (AvgIpc) is 2.84. The van der Waals surface area contributed by atoms with Crippen LogP contribution in [-0.2, 0) is 20.2 Å². The van der Waals surface area contributed by atoms with E-state index in [1.54, 1.807) is 6.33 Å². The predicted octanol–water partition coefficient (Wildman–Crippen LogP) is 2.66. The molecule has 0 unspecified atom stereocenters. The number of rotatable bonds is 7. The minimum Gasteiger partial charge on any atom is -0.484 e. The summed E-state index contributed by atoms with van der Waals surface area (Å²) in [5.74, 6) is 1.61. The lowest BCUT2D eigenvalue weighted by atomic mass is 10.2. The van der Waals surface area contributed by atoms with Crippen molar-refractivity contribution in [3.8, 4) is 5.75 Å². The zero-order chi connectivity index (χ0) is 14.4. The van der Waals surface area contributed by atoms with Gasteiger partial charge < -0.3 is 14.6 Å². The summed E-state index contributed by atoms with van der Waals surface area (Å²) >= 11 is 3.54. The molecule has 20 heavy (non-hydrogen) atoms. The van der Waals surface area contributed by atoms with E-state index in [2.05, 4.69) is 50.5 Å². The lowest BCUT2D eigenvalue weighted by molar-refractivity contribution is 0.289. The van der Waals surface area contributed by atoms with Crippen LogP contribution in [0.1, 0.15) is 24.7 Å². The molecule has 0 aliphatic rings. The van der Waals surface area contributed by atoms with Crippen molar-refractivity contribution in [2.75, 3.05) is 6.54 Å². The molecule has 0 aliphatic heterocycles. The molecule has 1 heterocycles. The van der Waals surface area contributed by atoms with Gasteiger partial charge in [-0.1, -0.05) is 13.0 Å². The first kappa shape index (κ1) is 15.0. The molecule has 0 saturated carbocycles. The maximum absolute atomic E-state index is 5.75. The van der Waals surface area contributed by atoms with Gasteiger partial charge in [0.2, 0.25) is 0 Å². The first-order valence-electron chi connectivity index (χ1n) is 6.65. The molecule has 1 N–H and O–H groups in total. The van der Waals surface area contributed by atoms with Crippen molar-refractivity contribution in [1.29, 1.82) is 0 Å². The molecule has 1 aromatic carbocycles. The first-order valence-corrected chi connectivity index (χ1v) is 7.44. The molecular formula is C14H19BrN4O. The Balaban J connectivity index is 1.94. The van der Waals surface area contributed by atoms with Crippen molar-refractivity contribution in [3.63, 3.8) is 0 Å². The summed E-state index contributed by atoms with van der Waals surface area (Å²) in [7, 11) is 1.90. The molecule has 108 valence electrons. The van der Waals surface area contributed by atoms with Crippen LogP contribution in [-0.4, -0.2) is 21.3 Å². The third kappa shape index (κ3) is 4.05. The van der Waals surface area contributed by atoms with E-state index in [0.717, 1.165) is 35.6 Å². The largest absolute Gasteiger partial charge is 0.484 e. The molecule has 0 radical (unpaired) electrons. The molecule has 0 spiro atoms. The van der Waals surface area contributed by atoms with Gasteiger partial charge in [-0.2, -0.15) is 0 Å². The number of nitrogens with zero attached hydrogens (tertiary/aromatic N) is 3. The number of hydrogen-bond acceptors (Lipinski definition) is 4. The van der Waals surface area contributed by atoms with Crippen LogP contribution in [0.2, 0.25) is 0 Å². The van der Waals surface area contributed by atoms with E-state index in [4.69, 9.17) is 4.74 Å². The van der Waals surface area contributed by atoms with Gasteiger partial charge in [-0.3, -0.25) is 0 Å². The summed E-state index contributed by atoms with van der Waals surface area (Å²) in [6.45, 7) is 4.47. The molecule has 6 heteroatoms. The van der Waals surface area contributed by atoms with Crippen molar-refractivity contribution >= 4 is 15.9 Å². The predicted molar refractivity (Wildman–Crippen MR) is 81.5 cm³/mol. The van der Waals surface area contributed by atoms with Gasteiger partial charge >= 0.3 is 0 Å². The van der Waals surface area contributed by atoms with Crippen LogP contribution >= 0.6 is 15.9 Å². The molecule has 0 atom stereocenters. The van der Waals surface area contributed by atoms with Crippen LogP contribution in [0, 0.1) is 0 Å². The smallest absolute Gasteiger partial charge is 0.170 e. The highest BCUT2D eigenvalue weighted by Gasteiger charge is 2.06. The molecule has 2 rings (SSSR count). The highest BCUT2D eigenvalue weighted by Crippen LogP contribution is 2.26. The molecular weight excluding hydrogens is 320 g/mol. The third-order valence-corrected chi connectivity index (χ3v) is 3.53. The number of aryl methyl sites for hydroxylation is 1. The van der Waals surface area contributed by atoms with Gasteiger partial charge in [0, 0.05) is 13.6 Å². The maximum atomic E-state index is 5.75. The SMILES string of the molecule is CCCNCc1ccc(OCc2nncn2C)c(Br)c1. The first-order chi connectivity index (χ1) is 9.70. The Morgan fingerprint density at radius 2 is 2.25 bits per heavy atom. The number of nitrogens with one attached hydrogen (secondary N) is 1. The van der Waals surface area contributed by atoms with Gasteiger partial charge in [0.05, 0.1) is 4.47 Å². The van der Waals surface area contributed by atoms with Crippen molar-refractivity contribution in [2.45, 2.75) is 26.5 Å². The van der Waals surface area contributed by atoms with Gasteiger partial charge in [0.15, 0.2) is 5.82 Å². The summed E-state index contributed by atoms with van der Waals surface area (Å²) in [6, 6.07) is 6.12. The molecule has 2 aromatic rings. The maximum Gasteiger partial charge on any atom is 0.170 e. The van der Waals surface area contributed by atoms with Gasteiger partial charge in [-0.15, -0.1) is 10.2 Å². The van der Waals surface area contributed by atoms with E-state index < -0.39 is 0 Å². The van der Waals surface area contributed by atoms with Gasteiger partial charge in [-0.05, 0) is 46.6 Å². The standard InChI is InChI=1S/C14H19BrN4O/c1-3-6-16-8-11-4-5-13(12(15)7-11)20-9-14-18-17-10-19(14)2/h4-5,7,10,16H,3,6,8-9H2,1-2H3. The third-order valence-electron chi connectivity index (χ3n) is 2.91. The van der Waals surface area contributed by atoms with E-state index in [1.165, 1.54) is 5.56 Å². The molecule has 1 aromatic heterocycles. The van der Waals surface area contributed by atoms with E-state index in [9.17, 15) is 0 Å². The number of benzene rings is 1. The molecule has 5 nitrogen and oxygen atoms in total. The van der Waals surface area contributed by atoms with Crippen molar-refractivity contribution < 1.29 is 4.74 Å². The van der Waals surface area contributed by atoms with Gasteiger partial charge in [0.1, 0.15) is 18.7 Å². The number of aromatic nitrogens is 3. The Kier molecular flexibility index (Phi) is 5.55. The Labute approximate surface area is 127 Å². The lowest BCUT2D eigenvalue weighted by Gasteiger charge is -2.10. The number of hydrogen-bond donors (Lipinski definition) is 1. The molecule has 0 fully saturated rings. The van der Waals surface area contributed by atoms with Gasteiger partial charge in [0.25, 0.3) is 0 Å². The zero-order valence-electron chi connectivity index (χ0n) is 11.8. The Bertz CT molecular complexity index is 556. The summed E-state index contributed by atoms with van der Waals surface area (Å²) in [6.07, 6.45) is 2.80. The number of ether oxygens (including phenoxy) is 1. The fraction of sp³-hybridized carbons (Fsp3) is 0.429. The van der Waals surface area contributed by atoms with Crippen molar-refractivity contribution in [1.82, 2.24) is 20.1 Å². The van der Waals surface area contributed by atoms with E-state index >= 15 is 0 Å². The molecule has 0 aliphatic carbocycles. The second-order valence-corrected chi connectivity index (χ2v) is 5.44. The van der Waals surface area contributed by atoms with Crippen LogP contribution in [0.3, 0.4) is 0 Å². The minimum absolute atomic E-state index is 0.405. The number of halogens is 1. The fourth-order valence-corrected chi connectivity index (χ4v) is 2.30. The second kappa shape index (κ2) is 7.40. The Morgan fingerprint density at radius 3 is 2.90 bits per heavy atom. The van der Waals surface area contributed by atoms with Crippen LogP contribution in [0.15, 0.2) is 29.0 Å². The summed E-state index contributed by atoms with van der Waals surface area (Å²) < 4.78 is 8.55. The quantitative estimate of drug-likeness (QED) is 0.788. The highest BCUT2D eigenvalue weighted by molar-refractivity contribution is 9.10. The van der Waals surface area contributed by atoms with Crippen molar-refractivity contribution in [3.05, 3.63) is 40.4 Å². The van der Waals surface area contributed by atoms with Crippen LogP contribution in [0.5, 0.6) is 5.75 Å². The van der Waals surface area contributed by atoms with E-state index in [0.29, 0.717) is 6.61 Å². The summed E-state index contributed by atoms with van der Waals surface area (Å²) in [5.41, 5.74) is 1.23. The molecule has 0 amide bonds. The minimum atomic E-state index is 0.405. The Morgan fingerprint density at radius 1 is 1.40 bits per heavy atom. The average molecular weight is 339 g/mol. The zero-order valence-corrected chi connectivity index (χ0v) is 13.4. The Hall–Kier alpha value is -1.40. The highest BCUT2D eigenvalue weighted by atomic mass is 79.9. The van der Waals surface area contributed by atoms with Gasteiger partial charge in [-0.25, -0.2) is 0 Å². The lowest BCUT2D eigenvalue weighted by Crippen LogP contribution is -2.13. The summed E-state index contributed by atoms with van der Waals surface area (Å²) in [4.78, 5) is 0. The molecule has 0 bridgehead atoms. The van der Waals surface area contributed by atoms with E-state index in [1.807, 2.05) is 17.7 Å². The van der Waals surface area contributed by atoms with Crippen LogP contribution < -0.4 is 10.1 Å². The van der Waals surface area contributed by atoms with Crippen LogP contribution in [0.4, 0.5) is 0 Å². The monoisotopic (exact) mass is 338 g/mol. The van der Waals surface area contributed by atoms with Crippen molar-refractivity contribution in [2.24, 2.45) is 7.05 Å². The topological polar surface area (TPSA) is 52.0 Å². The van der Waals surface area contributed by atoms with Crippen LogP contribution in [0.25, 0.3) is 0 Å². The molecule has 0 saturated heterocycles. The second-order valence-electron chi connectivity index (χ2n) is 4.59.